The normalized spacial score (nSPS) is 13.0. The van der Waals surface area contributed by atoms with Gasteiger partial charge in [0, 0.05) is 5.69 Å². The van der Waals surface area contributed by atoms with Gasteiger partial charge in [0.15, 0.2) is 6.61 Å². The Morgan fingerprint density at radius 2 is 1.97 bits per heavy atom. The maximum atomic E-state index is 12.2. The van der Waals surface area contributed by atoms with Crippen molar-refractivity contribution in [1.29, 1.82) is 0 Å². The van der Waals surface area contributed by atoms with Gasteiger partial charge in [0.25, 0.3) is 11.1 Å². The van der Waals surface area contributed by atoms with Crippen molar-refractivity contribution in [2.75, 3.05) is 11.1 Å². The Morgan fingerprint density at radius 3 is 2.83 bits per heavy atom. The van der Waals surface area contributed by atoms with Crippen molar-refractivity contribution in [2.45, 2.75) is 50.9 Å². The summed E-state index contributed by atoms with van der Waals surface area (Å²) >= 11 is 1.21. The lowest BCUT2D eigenvalue weighted by Gasteiger charge is -2.16. The number of hydrogen-bond acceptors (Lipinski definition) is 6. The molecule has 1 heterocycles. The fourth-order valence-corrected chi connectivity index (χ4v) is 4.14. The SMILES string of the molecule is CCc1ccccc1NC(=O)CSc1nnc(COc2ccc3c(c2)CCCC3)o1. The molecule has 2 aromatic carbocycles. The highest BCUT2D eigenvalue weighted by Crippen LogP contribution is 2.26. The van der Waals surface area contributed by atoms with Gasteiger partial charge < -0.3 is 14.5 Å². The predicted octanol–water partition coefficient (Wildman–Crippen LogP) is 4.82. The number of nitrogens with one attached hydrogen (secondary N) is 1. The number of fused-ring (bicyclic) bond motifs is 1. The molecule has 0 atom stereocenters. The Kier molecular flexibility index (Phi) is 6.69. The van der Waals surface area contributed by atoms with Gasteiger partial charge in [0.1, 0.15) is 5.75 Å². The molecular formula is C23H25N3O3S. The fraction of sp³-hybridized carbons (Fsp3) is 0.348. The van der Waals surface area contributed by atoms with Crippen LogP contribution in [0, 0.1) is 0 Å². The quantitative estimate of drug-likeness (QED) is 0.524. The Labute approximate surface area is 180 Å². The fourth-order valence-electron chi connectivity index (χ4n) is 3.56. The number of para-hydroxylation sites is 1. The maximum Gasteiger partial charge on any atom is 0.277 e. The monoisotopic (exact) mass is 423 g/mol. The van der Waals surface area contributed by atoms with Crippen molar-refractivity contribution in [2.24, 2.45) is 0 Å². The molecule has 0 unspecified atom stereocenters. The summed E-state index contributed by atoms with van der Waals surface area (Å²) in [5.41, 5.74) is 4.74. The van der Waals surface area contributed by atoms with Crippen LogP contribution in [0.2, 0.25) is 0 Å². The first-order chi connectivity index (χ1) is 14.7. The van der Waals surface area contributed by atoms with E-state index in [4.69, 9.17) is 9.15 Å². The molecule has 1 aliphatic carbocycles. The second-order valence-corrected chi connectivity index (χ2v) is 8.16. The number of hydrogen-bond donors (Lipinski definition) is 1. The number of ether oxygens (including phenoxy) is 1. The molecule has 1 amide bonds. The number of thioether (sulfide) groups is 1. The highest BCUT2D eigenvalue weighted by atomic mass is 32.2. The molecule has 0 radical (unpaired) electrons. The summed E-state index contributed by atoms with van der Waals surface area (Å²) in [6.45, 7) is 2.27. The highest BCUT2D eigenvalue weighted by Gasteiger charge is 2.13. The summed E-state index contributed by atoms with van der Waals surface area (Å²) in [5.74, 6) is 1.31. The van der Waals surface area contributed by atoms with E-state index in [2.05, 4.69) is 34.6 Å². The molecule has 0 bridgehead atoms. The molecule has 1 N–H and O–H groups in total. The van der Waals surface area contributed by atoms with Crippen LogP contribution in [0.15, 0.2) is 52.1 Å². The zero-order chi connectivity index (χ0) is 20.8. The molecule has 1 aromatic heterocycles. The van der Waals surface area contributed by atoms with Gasteiger partial charge in [-0.25, -0.2) is 0 Å². The van der Waals surface area contributed by atoms with Crippen molar-refractivity contribution < 1.29 is 13.9 Å². The van der Waals surface area contributed by atoms with Gasteiger partial charge in [-0.1, -0.05) is 43.0 Å². The minimum atomic E-state index is -0.106. The van der Waals surface area contributed by atoms with E-state index in [1.54, 1.807) is 0 Å². The molecular weight excluding hydrogens is 398 g/mol. The summed E-state index contributed by atoms with van der Waals surface area (Å²) in [5, 5.41) is 11.3. The molecule has 6 nitrogen and oxygen atoms in total. The van der Waals surface area contributed by atoms with E-state index < -0.39 is 0 Å². The smallest absolute Gasteiger partial charge is 0.277 e. The number of amides is 1. The summed E-state index contributed by atoms with van der Waals surface area (Å²) in [4.78, 5) is 12.2. The topological polar surface area (TPSA) is 77.2 Å². The first kappa shape index (κ1) is 20.5. The molecule has 0 spiro atoms. The van der Waals surface area contributed by atoms with Crippen molar-refractivity contribution in [3.8, 4) is 5.75 Å². The first-order valence-corrected chi connectivity index (χ1v) is 11.3. The lowest BCUT2D eigenvalue weighted by atomic mass is 9.92. The van der Waals surface area contributed by atoms with Crippen LogP contribution in [0.4, 0.5) is 5.69 Å². The minimum Gasteiger partial charge on any atom is -0.484 e. The van der Waals surface area contributed by atoms with Crippen molar-refractivity contribution >= 4 is 23.4 Å². The summed E-state index contributed by atoms with van der Waals surface area (Å²) in [6, 6.07) is 14.0. The number of nitrogens with zero attached hydrogens (tertiary/aromatic N) is 2. The zero-order valence-electron chi connectivity index (χ0n) is 17.0. The van der Waals surface area contributed by atoms with E-state index in [9.17, 15) is 4.79 Å². The zero-order valence-corrected chi connectivity index (χ0v) is 17.8. The van der Waals surface area contributed by atoms with Gasteiger partial charge in [0.05, 0.1) is 5.75 Å². The second kappa shape index (κ2) is 9.80. The lowest BCUT2D eigenvalue weighted by molar-refractivity contribution is -0.113. The number of aromatic nitrogens is 2. The van der Waals surface area contributed by atoms with Crippen LogP contribution < -0.4 is 10.1 Å². The average Bonchev–Trinajstić information content (AvgIpc) is 3.24. The molecule has 30 heavy (non-hydrogen) atoms. The summed E-state index contributed by atoms with van der Waals surface area (Å²) in [7, 11) is 0. The number of anilines is 1. The molecule has 1 aliphatic rings. The molecule has 0 saturated carbocycles. The number of carbonyl (C=O) groups is 1. The third-order valence-electron chi connectivity index (χ3n) is 5.13. The third kappa shape index (κ3) is 5.21. The Bertz CT molecular complexity index is 1020. The van der Waals surface area contributed by atoms with Gasteiger partial charge in [-0.15, -0.1) is 10.2 Å². The van der Waals surface area contributed by atoms with Crippen molar-refractivity contribution in [1.82, 2.24) is 10.2 Å². The van der Waals surface area contributed by atoms with E-state index in [1.165, 1.54) is 35.7 Å². The second-order valence-electron chi connectivity index (χ2n) is 7.24. The van der Waals surface area contributed by atoms with Gasteiger partial charge >= 0.3 is 0 Å². The van der Waals surface area contributed by atoms with Gasteiger partial charge in [-0.3, -0.25) is 4.79 Å². The molecule has 4 rings (SSSR count). The van der Waals surface area contributed by atoms with Crippen LogP contribution in [0.1, 0.15) is 42.3 Å². The van der Waals surface area contributed by atoms with E-state index in [0.29, 0.717) is 11.1 Å². The van der Waals surface area contributed by atoms with Crippen molar-refractivity contribution in [3.63, 3.8) is 0 Å². The van der Waals surface area contributed by atoms with E-state index in [1.807, 2.05) is 30.3 Å². The van der Waals surface area contributed by atoms with Gasteiger partial charge in [-0.2, -0.15) is 0 Å². The first-order valence-electron chi connectivity index (χ1n) is 10.3. The predicted molar refractivity (Wildman–Crippen MR) is 117 cm³/mol. The lowest BCUT2D eigenvalue weighted by Crippen LogP contribution is -2.15. The summed E-state index contributed by atoms with van der Waals surface area (Å²) in [6.07, 6.45) is 5.62. The van der Waals surface area contributed by atoms with E-state index in [-0.39, 0.29) is 18.3 Å². The molecule has 0 saturated heterocycles. The van der Waals surface area contributed by atoms with Gasteiger partial charge in [0.2, 0.25) is 5.91 Å². The van der Waals surface area contributed by atoms with Crippen LogP contribution >= 0.6 is 11.8 Å². The third-order valence-corrected chi connectivity index (χ3v) is 5.95. The van der Waals surface area contributed by atoms with Crippen LogP contribution in [0.3, 0.4) is 0 Å². The Morgan fingerprint density at radius 1 is 1.13 bits per heavy atom. The molecule has 3 aromatic rings. The Hall–Kier alpha value is -2.80. The van der Waals surface area contributed by atoms with Crippen molar-refractivity contribution in [3.05, 3.63) is 65.0 Å². The maximum absolute atomic E-state index is 12.2. The number of aryl methyl sites for hydroxylation is 3. The molecule has 0 fully saturated rings. The number of rotatable bonds is 8. The van der Waals surface area contributed by atoms with Gasteiger partial charge in [-0.05, 0) is 67.0 Å². The van der Waals surface area contributed by atoms with Crippen LogP contribution in [0.25, 0.3) is 0 Å². The van der Waals surface area contributed by atoms with E-state index in [0.717, 1.165) is 36.3 Å². The molecule has 0 aliphatic heterocycles. The largest absolute Gasteiger partial charge is 0.484 e. The van der Waals surface area contributed by atoms with Crippen LogP contribution in [-0.2, 0) is 30.7 Å². The number of carbonyl (C=O) groups excluding carboxylic acids is 1. The van der Waals surface area contributed by atoms with E-state index >= 15 is 0 Å². The van der Waals surface area contributed by atoms with Crippen LogP contribution in [-0.4, -0.2) is 21.9 Å². The van der Waals surface area contributed by atoms with Crippen LogP contribution in [0.5, 0.6) is 5.75 Å². The molecule has 7 heteroatoms. The Balaban J connectivity index is 1.26. The number of benzene rings is 2. The molecule has 156 valence electrons. The standard InChI is InChI=1S/C23H25N3O3S/c1-2-16-7-5-6-10-20(16)24-21(27)15-30-23-26-25-22(29-23)14-28-19-12-11-17-8-3-4-9-18(17)13-19/h5-7,10-13H,2-4,8-9,14-15H2,1H3,(H,24,27). The summed E-state index contributed by atoms with van der Waals surface area (Å²) < 4.78 is 11.4. The average molecular weight is 424 g/mol. The minimum absolute atomic E-state index is 0.106. The highest BCUT2D eigenvalue weighted by molar-refractivity contribution is 7.99.